The molecular formula is C12H10Cl2N2OS. The normalized spacial score (nSPS) is 12.4. The summed E-state index contributed by atoms with van der Waals surface area (Å²) in [5, 5.41) is 3.00. The third-order valence-electron chi connectivity index (χ3n) is 2.34. The van der Waals surface area contributed by atoms with Crippen molar-refractivity contribution in [3.8, 4) is 0 Å². The fraction of sp³-hybridized carbons (Fsp3) is 0.167. The summed E-state index contributed by atoms with van der Waals surface area (Å²) in [5.41, 5.74) is 6.41. The molecular weight excluding hydrogens is 291 g/mol. The van der Waals surface area contributed by atoms with Crippen molar-refractivity contribution in [1.82, 2.24) is 4.98 Å². The minimum absolute atomic E-state index is 0.189. The Balaban J connectivity index is 2.38. The van der Waals surface area contributed by atoms with E-state index in [1.165, 1.54) is 11.3 Å². The smallest absolute Gasteiger partial charge is 0.213 e. The molecule has 1 atom stereocenters. The number of nitrogens with two attached hydrogens (primary N) is 1. The van der Waals surface area contributed by atoms with Gasteiger partial charge in [-0.15, -0.1) is 11.3 Å². The number of ketones is 1. The number of halogens is 2. The molecule has 2 N–H and O–H groups in total. The SMILES string of the molecule is CC(N)c1nc(C(=O)c2cccc(Cl)c2Cl)cs1. The van der Waals surface area contributed by atoms with E-state index < -0.39 is 0 Å². The highest BCUT2D eigenvalue weighted by Crippen LogP contribution is 2.28. The van der Waals surface area contributed by atoms with Crippen LogP contribution in [-0.2, 0) is 0 Å². The number of aromatic nitrogens is 1. The first kappa shape index (κ1) is 13.5. The molecule has 0 amide bonds. The maximum Gasteiger partial charge on any atom is 0.213 e. The van der Waals surface area contributed by atoms with Crippen molar-refractivity contribution in [3.63, 3.8) is 0 Å². The van der Waals surface area contributed by atoms with Gasteiger partial charge in [-0.1, -0.05) is 29.3 Å². The third-order valence-corrected chi connectivity index (χ3v) is 4.20. The van der Waals surface area contributed by atoms with E-state index in [1.807, 2.05) is 6.92 Å². The topological polar surface area (TPSA) is 56.0 Å². The molecule has 0 saturated heterocycles. The summed E-state index contributed by atoms with van der Waals surface area (Å²) in [4.78, 5) is 16.4. The van der Waals surface area contributed by atoms with E-state index in [0.717, 1.165) is 5.01 Å². The Kier molecular flexibility index (Phi) is 4.02. The van der Waals surface area contributed by atoms with Gasteiger partial charge in [-0.05, 0) is 19.1 Å². The quantitative estimate of drug-likeness (QED) is 0.879. The van der Waals surface area contributed by atoms with E-state index >= 15 is 0 Å². The van der Waals surface area contributed by atoms with E-state index in [1.54, 1.807) is 23.6 Å². The van der Waals surface area contributed by atoms with Crippen LogP contribution >= 0.6 is 34.5 Å². The summed E-state index contributed by atoms with van der Waals surface area (Å²) in [7, 11) is 0. The molecule has 0 saturated carbocycles. The van der Waals surface area contributed by atoms with Crippen LogP contribution in [0.1, 0.15) is 34.0 Å². The molecule has 0 fully saturated rings. The van der Waals surface area contributed by atoms with Crippen LogP contribution < -0.4 is 5.73 Å². The van der Waals surface area contributed by atoms with E-state index in [9.17, 15) is 4.79 Å². The monoisotopic (exact) mass is 300 g/mol. The molecule has 0 spiro atoms. The van der Waals surface area contributed by atoms with Crippen LogP contribution in [0.5, 0.6) is 0 Å². The van der Waals surface area contributed by atoms with Crippen molar-refractivity contribution < 1.29 is 4.79 Å². The zero-order valence-electron chi connectivity index (χ0n) is 9.48. The fourth-order valence-electron chi connectivity index (χ4n) is 1.42. The van der Waals surface area contributed by atoms with Gasteiger partial charge in [0.25, 0.3) is 0 Å². The molecule has 18 heavy (non-hydrogen) atoms. The fourth-order valence-corrected chi connectivity index (χ4v) is 2.56. The summed E-state index contributed by atoms with van der Waals surface area (Å²) < 4.78 is 0. The van der Waals surface area contributed by atoms with Crippen LogP contribution in [0, 0.1) is 0 Å². The Bertz CT molecular complexity index is 596. The number of carbonyl (C=O) groups excluding carboxylic acids is 1. The lowest BCUT2D eigenvalue weighted by Gasteiger charge is -2.02. The van der Waals surface area contributed by atoms with E-state index in [2.05, 4.69) is 4.98 Å². The van der Waals surface area contributed by atoms with Crippen LogP contribution in [0.4, 0.5) is 0 Å². The molecule has 0 aliphatic rings. The molecule has 1 heterocycles. The minimum atomic E-state index is -0.245. The lowest BCUT2D eigenvalue weighted by Crippen LogP contribution is -2.07. The second-order valence-corrected chi connectivity index (χ2v) is 5.47. The molecule has 1 aromatic carbocycles. The van der Waals surface area contributed by atoms with Crippen molar-refractivity contribution >= 4 is 40.3 Å². The van der Waals surface area contributed by atoms with Gasteiger partial charge in [0.05, 0.1) is 16.1 Å². The van der Waals surface area contributed by atoms with Gasteiger partial charge in [-0.25, -0.2) is 4.98 Å². The number of carbonyl (C=O) groups is 1. The van der Waals surface area contributed by atoms with Crippen LogP contribution in [0.2, 0.25) is 10.0 Å². The Morgan fingerprint density at radius 3 is 2.78 bits per heavy atom. The molecule has 3 nitrogen and oxygen atoms in total. The lowest BCUT2D eigenvalue weighted by molar-refractivity contribution is 0.103. The summed E-state index contributed by atoms with van der Waals surface area (Å²) in [6.07, 6.45) is 0. The summed E-state index contributed by atoms with van der Waals surface area (Å²) in [5.74, 6) is -0.245. The molecule has 94 valence electrons. The zero-order chi connectivity index (χ0) is 13.3. The van der Waals surface area contributed by atoms with Gasteiger partial charge >= 0.3 is 0 Å². The molecule has 6 heteroatoms. The van der Waals surface area contributed by atoms with Gasteiger partial charge in [-0.3, -0.25) is 4.79 Å². The maximum atomic E-state index is 12.2. The van der Waals surface area contributed by atoms with E-state index in [0.29, 0.717) is 16.3 Å². The molecule has 0 aliphatic carbocycles. The van der Waals surface area contributed by atoms with Gasteiger partial charge in [0.1, 0.15) is 10.7 Å². The third kappa shape index (κ3) is 2.57. The van der Waals surface area contributed by atoms with Crippen molar-refractivity contribution in [1.29, 1.82) is 0 Å². The number of thiazole rings is 1. The average Bonchev–Trinajstić information content (AvgIpc) is 2.81. The van der Waals surface area contributed by atoms with Crippen LogP contribution in [0.3, 0.4) is 0 Å². The highest BCUT2D eigenvalue weighted by Gasteiger charge is 2.18. The second-order valence-electron chi connectivity index (χ2n) is 3.79. The molecule has 2 aromatic rings. The first-order valence-corrected chi connectivity index (χ1v) is 6.84. The predicted octanol–water partition coefficient (Wildman–Crippen LogP) is 3.70. The van der Waals surface area contributed by atoms with Crippen LogP contribution in [0.15, 0.2) is 23.6 Å². The first-order chi connectivity index (χ1) is 8.50. The molecule has 0 radical (unpaired) electrons. The molecule has 0 bridgehead atoms. The number of hydrogen-bond acceptors (Lipinski definition) is 4. The average molecular weight is 301 g/mol. The van der Waals surface area contributed by atoms with Gasteiger partial charge in [0.15, 0.2) is 0 Å². The summed E-state index contributed by atoms with van der Waals surface area (Å²) in [6, 6.07) is 4.75. The Morgan fingerprint density at radius 2 is 2.17 bits per heavy atom. The molecule has 0 aliphatic heterocycles. The number of benzene rings is 1. The van der Waals surface area contributed by atoms with Crippen molar-refractivity contribution in [2.75, 3.05) is 0 Å². The van der Waals surface area contributed by atoms with Crippen LogP contribution in [0.25, 0.3) is 0 Å². The molecule has 1 aromatic heterocycles. The van der Waals surface area contributed by atoms with Gasteiger partial charge in [0, 0.05) is 10.9 Å². The molecule has 1 unspecified atom stereocenters. The second kappa shape index (κ2) is 5.36. The minimum Gasteiger partial charge on any atom is -0.322 e. The van der Waals surface area contributed by atoms with Crippen molar-refractivity contribution in [2.45, 2.75) is 13.0 Å². The van der Waals surface area contributed by atoms with Crippen molar-refractivity contribution in [2.24, 2.45) is 5.73 Å². The largest absolute Gasteiger partial charge is 0.322 e. The number of nitrogens with zero attached hydrogens (tertiary/aromatic N) is 1. The number of rotatable bonds is 3. The van der Waals surface area contributed by atoms with Gasteiger partial charge < -0.3 is 5.73 Å². The standard InChI is InChI=1S/C12H10Cl2N2OS/c1-6(15)12-16-9(5-18-12)11(17)7-3-2-4-8(13)10(7)14/h2-6H,15H2,1H3. The highest BCUT2D eigenvalue weighted by molar-refractivity contribution is 7.09. The van der Waals surface area contributed by atoms with Gasteiger partial charge in [0.2, 0.25) is 5.78 Å². The highest BCUT2D eigenvalue weighted by atomic mass is 35.5. The van der Waals surface area contributed by atoms with E-state index in [4.69, 9.17) is 28.9 Å². The van der Waals surface area contributed by atoms with Crippen LogP contribution in [-0.4, -0.2) is 10.8 Å². The summed E-state index contributed by atoms with van der Waals surface area (Å²) in [6.45, 7) is 1.82. The molecule has 2 rings (SSSR count). The van der Waals surface area contributed by atoms with E-state index in [-0.39, 0.29) is 16.8 Å². The Morgan fingerprint density at radius 1 is 1.44 bits per heavy atom. The van der Waals surface area contributed by atoms with Gasteiger partial charge in [-0.2, -0.15) is 0 Å². The predicted molar refractivity (Wildman–Crippen MR) is 74.6 cm³/mol. The number of hydrogen-bond donors (Lipinski definition) is 1. The lowest BCUT2D eigenvalue weighted by atomic mass is 10.1. The maximum absolute atomic E-state index is 12.2. The Labute approximate surface area is 119 Å². The Hall–Kier alpha value is -0.940. The first-order valence-electron chi connectivity index (χ1n) is 5.20. The zero-order valence-corrected chi connectivity index (χ0v) is 11.8. The van der Waals surface area contributed by atoms with Crippen molar-refractivity contribution in [3.05, 3.63) is 49.9 Å². The summed E-state index contributed by atoms with van der Waals surface area (Å²) >= 11 is 13.2.